The van der Waals surface area contributed by atoms with Crippen LogP contribution >= 0.6 is 27.5 Å². The molecule has 1 rings (SSSR count). The van der Waals surface area contributed by atoms with Crippen molar-refractivity contribution in [3.63, 3.8) is 0 Å². The SMILES string of the molecule is FC(F)(F)c1ncc(Cl)c(Br)n1. The molecule has 0 atom stereocenters. The first-order chi connectivity index (χ1) is 5.41. The summed E-state index contributed by atoms with van der Waals surface area (Å²) in [6, 6.07) is 0. The highest BCUT2D eigenvalue weighted by Gasteiger charge is 2.34. The lowest BCUT2D eigenvalue weighted by atomic mass is 10.5. The molecule has 1 aromatic heterocycles. The number of hydrogen-bond donors (Lipinski definition) is 0. The second-order valence-corrected chi connectivity index (χ2v) is 2.99. The maximum Gasteiger partial charge on any atom is 0.451 e. The molecule has 2 nitrogen and oxygen atoms in total. The number of halogens is 5. The van der Waals surface area contributed by atoms with E-state index in [9.17, 15) is 13.2 Å². The van der Waals surface area contributed by atoms with Gasteiger partial charge >= 0.3 is 6.18 Å². The predicted octanol–water partition coefficient (Wildman–Crippen LogP) is 2.91. The molecular weight excluding hydrogens is 260 g/mol. The molecule has 0 saturated carbocycles. The van der Waals surface area contributed by atoms with E-state index in [4.69, 9.17) is 11.6 Å². The van der Waals surface area contributed by atoms with E-state index in [1.807, 2.05) is 0 Å². The maximum absolute atomic E-state index is 11.9. The summed E-state index contributed by atoms with van der Waals surface area (Å²) >= 11 is 8.15. The van der Waals surface area contributed by atoms with Crippen molar-refractivity contribution < 1.29 is 13.2 Å². The summed E-state index contributed by atoms with van der Waals surface area (Å²) in [5, 5.41) is 0.0444. The molecule has 7 heteroatoms. The zero-order valence-corrected chi connectivity index (χ0v) is 7.70. The maximum atomic E-state index is 11.9. The van der Waals surface area contributed by atoms with Crippen LogP contribution in [-0.2, 0) is 6.18 Å². The van der Waals surface area contributed by atoms with Gasteiger partial charge in [-0.05, 0) is 15.9 Å². The molecule has 0 saturated heterocycles. The highest BCUT2D eigenvalue weighted by molar-refractivity contribution is 9.10. The molecule has 0 fully saturated rings. The Balaban J connectivity index is 3.14. The van der Waals surface area contributed by atoms with Crippen LogP contribution < -0.4 is 0 Å². The van der Waals surface area contributed by atoms with Crippen LogP contribution in [0.25, 0.3) is 0 Å². The molecule has 0 N–H and O–H groups in total. The second-order valence-electron chi connectivity index (χ2n) is 1.83. The van der Waals surface area contributed by atoms with Crippen LogP contribution in [0.1, 0.15) is 5.82 Å². The third-order valence-corrected chi connectivity index (χ3v) is 2.06. The van der Waals surface area contributed by atoms with Gasteiger partial charge in [0.2, 0.25) is 5.82 Å². The Kier molecular flexibility index (Phi) is 2.58. The molecule has 66 valence electrons. The zero-order valence-electron chi connectivity index (χ0n) is 5.36. The molecule has 0 aromatic carbocycles. The van der Waals surface area contributed by atoms with Crippen molar-refractivity contribution >= 4 is 27.5 Å². The predicted molar refractivity (Wildman–Crippen MR) is 39.7 cm³/mol. The van der Waals surface area contributed by atoms with E-state index in [-0.39, 0.29) is 9.63 Å². The van der Waals surface area contributed by atoms with Crippen molar-refractivity contribution in [2.24, 2.45) is 0 Å². The van der Waals surface area contributed by atoms with Gasteiger partial charge in [0.05, 0.1) is 11.2 Å². The summed E-state index contributed by atoms with van der Waals surface area (Å²) in [4.78, 5) is 6.10. The van der Waals surface area contributed by atoms with Crippen molar-refractivity contribution in [3.8, 4) is 0 Å². The highest BCUT2D eigenvalue weighted by Crippen LogP contribution is 2.28. The van der Waals surface area contributed by atoms with Gasteiger partial charge in [-0.25, -0.2) is 9.97 Å². The minimum absolute atomic E-state index is 0.0444. The first-order valence-corrected chi connectivity index (χ1v) is 3.83. The molecule has 0 spiro atoms. The Hall–Kier alpha value is -0.360. The molecular formula is C5HBrClF3N2. The van der Waals surface area contributed by atoms with Crippen molar-refractivity contribution in [2.45, 2.75) is 6.18 Å². The summed E-state index contributed by atoms with van der Waals surface area (Å²) in [5.41, 5.74) is 0. The molecule has 0 unspecified atom stereocenters. The number of hydrogen-bond acceptors (Lipinski definition) is 2. The van der Waals surface area contributed by atoms with Crippen LogP contribution in [-0.4, -0.2) is 9.97 Å². The van der Waals surface area contributed by atoms with E-state index in [1.165, 1.54) is 0 Å². The molecule has 0 aliphatic carbocycles. The van der Waals surface area contributed by atoms with Gasteiger partial charge in [-0.15, -0.1) is 0 Å². The fourth-order valence-corrected chi connectivity index (χ4v) is 0.844. The summed E-state index contributed by atoms with van der Waals surface area (Å²) in [7, 11) is 0. The lowest BCUT2D eigenvalue weighted by Crippen LogP contribution is -2.10. The minimum Gasteiger partial charge on any atom is -0.231 e. The number of aromatic nitrogens is 2. The number of nitrogens with zero attached hydrogens (tertiary/aromatic N) is 2. The Morgan fingerprint density at radius 2 is 2.00 bits per heavy atom. The van der Waals surface area contributed by atoms with E-state index in [0.29, 0.717) is 0 Å². The average Bonchev–Trinajstić information content (AvgIpc) is 1.92. The zero-order chi connectivity index (χ0) is 9.35. The van der Waals surface area contributed by atoms with Gasteiger partial charge in [0.25, 0.3) is 0 Å². The Labute approximate surface area is 78.9 Å². The van der Waals surface area contributed by atoms with Crippen molar-refractivity contribution in [3.05, 3.63) is 21.6 Å². The van der Waals surface area contributed by atoms with Crippen molar-refractivity contribution in [2.75, 3.05) is 0 Å². The van der Waals surface area contributed by atoms with E-state index in [0.717, 1.165) is 6.20 Å². The van der Waals surface area contributed by atoms with Gasteiger partial charge in [0, 0.05) is 0 Å². The molecule has 0 amide bonds. The fraction of sp³-hybridized carbons (Fsp3) is 0.200. The van der Waals surface area contributed by atoms with Gasteiger partial charge in [-0.3, -0.25) is 0 Å². The summed E-state index contributed by atoms with van der Waals surface area (Å²) in [6.45, 7) is 0. The topological polar surface area (TPSA) is 25.8 Å². The first kappa shape index (κ1) is 9.73. The average molecular weight is 261 g/mol. The van der Waals surface area contributed by atoms with Gasteiger partial charge in [0.1, 0.15) is 4.60 Å². The van der Waals surface area contributed by atoms with Crippen LogP contribution in [0.3, 0.4) is 0 Å². The third kappa shape index (κ3) is 2.07. The normalized spacial score (nSPS) is 11.8. The Morgan fingerprint density at radius 1 is 1.42 bits per heavy atom. The van der Waals surface area contributed by atoms with Gasteiger partial charge in [0.15, 0.2) is 0 Å². The molecule has 0 aliphatic heterocycles. The second kappa shape index (κ2) is 3.18. The lowest BCUT2D eigenvalue weighted by Gasteiger charge is -2.04. The summed E-state index contributed by atoms with van der Waals surface area (Å²) in [5.74, 6) is -1.21. The molecule has 1 aromatic rings. The van der Waals surface area contributed by atoms with Gasteiger partial charge < -0.3 is 0 Å². The summed E-state index contributed by atoms with van der Waals surface area (Å²) < 4.78 is 35.7. The molecule has 12 heavy (non-hydrogen) atoms. The largest absolute Gasteiger partial charge is 0.451 e. The van der Waals surface area contributed by atoms with Crippen LogP contribution in [0.15, 0.2) is 10.8 Å². The lowest BCUT2D eigenvalue weighted by molar-refractivity contribution is -0.145. The smallest absolute Gasteiger partial charge is 0.231 e. The molecule has 1 heterocycles. The highest BCUT2D eigenvalue weighted by atomic mass is 79.9. The van der Waals surface area contributed by atoms with E-state index < -0.39 is 12.0 Å². The number of alkyl halides is 3. The molecule has 0 aliphatic rings. The van der Waals surface area contributed by atoms with Crippen LogP contribution in [0.2, 0.25) is 5.02 Å². The van der Waals surface area contributed by atoms with E-state index in [1.54, 1.807) is 0 Å². The monoisotopic (exact) mass is 260 g/mol. The molecule has 0 bridgehead atoms. The van der Waals surface area contributed by atoms with Crippen molar-refractivity contribution in [1.82, 2.24) is 9.97 Å². The number of rotatable bonds is 0. The van der Waals surface area contributed by atoms with Crippen LogP contribution in [0.4, 0.5) is 13.2 Å². The van der Waals surface area contributed by atoms with Crippen LogP contribution in [0.5, 0.6) is 0 Å². The van der Waals surface area contributed by atoms with E-state index >= 15 is 0 Å². The van der Waals surface area contributed by atoms with Gasteiger partial charge in [-0.2, -0.15) is 13.2 Å². The Bertz CT molecular complexity index is 301. The van der Waals surface area contributed by atoms with Gasteiger partial charge in [-0.1, -0.05) is 11.6 Å². The Morgan fingerprint density at radius 3 is 2.42 bits per heavy atom. The summed E-state index contributed by atoms with van der Waals surface area (Å²) in [6.07, 6.45) is -3.64. The first-order valence-electron chi connectivity index (χ1n) is 2.66. The minimum atomic E-state index is -4.53. The van der Waals surface area contributed by atoms with Crippen molar-refractivity contribution in [1.29, 1.82) is 0 Å². The quantitative estimate of drug-likeness (QED) is 0.671. The molecule has 0 radical (unpaired) electrons. The third-order valence-electron chi connectivity index (χ3n) is 0.955. The van der Waals surface area contributed by atoms with E-state index in [2.05, 4.69) is 25.9 Å². The standard InChI is InChI=1S/C5HBrClF3N2/c6-3-2(7)1-11-4(12-3)5(8,9)10/h1H. The fourth-order valence-electron chi connectivity index (χ4n) is 0.483. The van der Waals surface area contributed by atoms with Crippen LogP contribution in [0, 0.1) is 0 Å².